The Labute approximate surface area is 313 Å². The molecule has 11 rings (SSSR count). The Balaban J connectivity index is 1.02. The maximum absolute atomic E-state index is 6.52. The lowest BCUT2D eigenvalue weighted by atomic mass is 9.84. The minimum absolute atomic E-state index is 0.884. The van der Waals surface area contributed by atoms with Crippen LogP contribution in [0.1, 0.15) is 35.8 Å². The van der Waals surface area contributed by atoms with Crippen LogP contribution in [-0.4, -0.2) is 0 Å². The smallest absolute Gasteiger partial charge is 0.136 e. The van der Waals surface area contributed by atoms with E-state index in [1.54, 1.807) is 0 Å². The molecule has 0 saturated carbocycles. The fourth-order valence-corrected chi connectivity index (χ4v) is 9.05. The van der Waals surface area contributed by atoms with E-state index in [2.05, 4.69) is 158 Å². The van der Waals surface area contributed by atoms with Crippen molar-refractivity contribution < 1.29 is 8.83 Å². The second kappa shape index (κ2) is 11.9. The molecule has 0 aliphatic heterocycles. The van der Waals surface area contributed by atoms with Gasteiger partial charge in [-0.1, -0.05) is 127 Å². The highest BCUT2D eigenvalue weighted by Crippen LogP contribution is 2.45. The molecule has 1 aliphatic rings. The van der Waals surface area contributed by atoms with Crippen molar-refractivity contribution in [3.05, 3.63) is 168 Å². The van der Waals surface area contributed by atoms with Gasteiger partial charge in [0, 0.05) is 21.7 Å². The summed E-state index contributed by atoms with van der Waals surface area (Å²) in [6, 6.07) is 49.2. The molecule has 0 fully saturated rings. The van der Waals surface area contributed by atoms with Crippen molar-refractivity contribution in [2.75, 3.05) is 0 Å². The average molecular weight is 693 g/mol. The highest BCUT2D eigenvalue weighted by atomic mass is 16.3. The summed E-state index contributed by atoms with van der Waals surface area (Å²) in [5.41, 5.74) is 14.0. The Morgan fingerprint density at radius 3 is 1.93 bits per heavy atom. The molecule has 2 heteroatoms. The molecule has 0 N–H and O–H groups in total. The third kappa shape index (κ3) is 4.66. The third-order valence-electron chi connectivity index (χ3n) is 11.6. The van der Waals surface area contributed by atoms with E-state index in [0.29, 0.717) is 0 Å². The largest absolute Gasteiger partial charge is 0.461 e. The van der Waals surface area contributed by atoms with Crippen molar-refractivity contribution in [2.24, 2.45) is 0 Å². The van der Waals surface area contributed by atoms with Gasteiger partial charge in [-0.15, -0.1) is 0 Å². The number of hydrogen-bond acceptors (Lipinski definition) is 2. The monoisotopic (exact) mass is 692 g/mol. The molecule has 8 aromatic carbocycles. The van der Waals surface area contributed by atoms with Gasteiger partial charge in [0.1, 0.15) is 22.5 Å². The molecule has 0 spiro atoms. The Bertz CT molecular complexity index is 3160. The first-order valence-corrected chi connectivity index (χ1v) is 18.9. The van der Waals surface area contributed by atoms with E-state index >= 15 is 0 Å². The SMILES string of the molecule is C/C=C\c1c(C)oc2cc3c(ccc4oc5cc(-c6ccc(-c7c8ccccc8c(-c8ccc9c(c8)CCC=C9)c8ccccc78)cc6)ccc5c43)cc12. The molecule has 0 radical (unpaired) electrons. The molecule has 0 saturated heterocycles. The molecule has 256 valence electrons. The van der Waals surface area contributed by atoms with Crippen LogP contribution in [0.25, 0.3) is 111 Å². The summed E-state index contributed by atoms with van der Waals surface area (Å²) >= 11 is 0. The van der Waals surface area contributed by atoms with Crippen LogP contribution in [0.4, 0.5) is 0 Å². The van der Waals surface area contributed by atoms with Crippen LogP contribution in [-0.2, 0) is 6.42 Å². The number of aryl methyl sites for hydroxylation is 2. The normalized spacial score (nSPS) is 13.1. The van der Waals surface area contributed by atoms with Crippen molar-refractivity contribution in [3.63, 3.8) is 0 Å². The summed E-state index contributed by atoms with van der Waals surface area (Å²) in [5.74, 6) is 0.934. The van der Waals surface area contributed by atoms with Crippen LogP contribution in [0.5, 0.6) is 0 Å². The predicted octanol–water partition coefficient (Wildman–Crippen LogP) is 15.1. The molecule has 0 atom stereocenters. The zero-order valence-electron chi connectivity index (χ0n) is 30.2. The molecule has 0 amide bonds. The Morgan fingerprint density at radius 2 is 1.19 bits per heavy atom. The lowest BCUT2D eigenvalue weighted by Gasteiger charge is -2.19. The minimum atomic E-state index is 0.884. The topological polar surface area (TPSA) is 26.3 Å². The van der Waals surface area contributed by atoms with Gasteiger partial charge in [-0.25, -0.2) is 0 Å². The maximum atomic E-state index is 6.52. The van der Waals surface area contributed by atoms with Gasteiger partial charge in [-0.3, -0.25) is 0 Å². The fourth-order valence-electron chi connectivity index (χ4n) is 9.05. The lowest BCUT2D eigenvalue weighted by Crippen LogP contribution is -1.96. The number of furan rings is 2. The fraction of sp³-hybridized carbons (Fsp3) is 0.0769. The average Bonchev–Trinajstić information content (AvgIpc) is 3.74. The van der Waals surface area contributed by atoms with Crippen LogP contribution < -0.4 is 0 Å². The van der Waals surface area contributed by atoms with E-state index in [4.69, 9.17) is 8.83 Å². The van der Waals surface area contributed by atoms with Gasteiger partial charge in [-0.2, -0.15) is 0 Å². The quantitative estimate of drug-likeness (QED) is 0.172. The summed E-state index contributed by atoms with van der Waals surface area (Å²) in [7, 11) is 0. The molecule has 10 aromatic rings. The van der Waals surface area contributed by atoms with Crippen molar-refractivity contribution in [1.29, 1.82) is 0 Å². The predicted molar refractivity (Wildman–Crippen MR) is 229 cm³/mol. The van der Waals surface area contributed by atoms with Gasteiger partial charge in [0.2, 0.25) is 0 Å². The summed E-state index contributed by atoms with van der Waals surface area (Å²) in [5, 5.41) is 10.8. The Hall–Kier alpha value is -6.64. The van der Waals surface area contributed by atoms with Crippen LogP contribution in [0.3, 0.4) is 0 Å². The number of allylic oxidation sites excluding steroid dienone is 2. The first-order chi connectivity index (χ1) is 26.6. The first-order valence-electron chi connectivity index (χ1n) is 18.9. The molecular formula is C52H36O2. The van der Waals surface area contributed by atoms with Gasteiger partial charge in [0.15, 0.2) is 0 Å². The molecule has 0 unspecified atom stereocenters. The highest BCUT2D eigenvalue weighted by Gasteiger charge is 2.19. The van der Waals surface area contributed by atoms with Crippen molar-refractivity contribution >= 4 is 77.4 Å². The summed E-state index contributed by atoms with van der Waals surface area (Å²) in [6.45, 7) is 4.08. The van der Waals surface area contributed by atoms with Gasteiger partial charge < -0.3 is 8.83 Å². The van der Waals surface area contributed by atoms with Gasteiger partial charge in [-0.05, 0) is 134 Å². The minimum Gasteiger partial charge on any atom is -0.461 e. The molecule has 54 heavy (non-hydrogen) atoms. The molecule has 0 bridgehead atoms. The third-order valence-corrected chi connectivity index (χ3v) is 11.6. The number of fused-ring (bicyclic) bond motifs is 9. The van der Waals surface area contributed by atoms with Crippen LogP contribution in [0, 0.1) is 6.92 Å². The van der Waals surface area contributed by atoms with Crippen molar-refractivity contribution in [3.8, 4) is 33.4 Å². The number of benzene rings is 8. The molecule has 2 heterocycles. The van der Waals surface area contributed by atoms with Gasteiger partial charge in [0.05, 0.1) is 0 Å². The molecule has 1 aliphatic carbocycles. The Kier molecular flexibility index (Phi) is 6.84. The van der Waals surface area contributed by atoms with E-state index in [1.807, 2.05) is 13.8 Å². The van der Waals surface area contributed by atoms with E-state index in [-0.39, 0.29) is 0 Å². The standard InChI is InChI=1S/C52H36O2/c1-3-10-39-31(2)53-49-30-45-37(28-46(39)49)24-26-47-52(45)44-25-23-36(29-48(44)54-47)33-17-20-34(21-18-33)50-40-13-6-8-15-42(40)51(43-16-9-7-14-41(43)50)38-22-19-32-11-4-5-12-35(32)27-38/h3-4,6-11,13-30H,5,12H2,1-2H3/b10-3-. The zero-order valence-corrected chi connectivity index (χ0v) is 30.2. The number of rotatable bonds is 4. The van der Waals surface area contributed by atoms with Crippen LogP contribution >= 0.6 is 0 Å². The van der Waals surface area contributed by atoms with E-state index in [9.17, 15) is 0 Å². The Morgan fingerprint density at radius 1 is 0.519 bits per heavy atom. The first kappa shape index (κ1) is 30.9. The highest BCUT2D eigenvalue weighted by molar-refractivity contribution is 6.22. The van der Waals surface area contributed by atoms with E-state index < -0.39 is 0 Å². The van der Waals surface area contributed by atoms with Gasteiger partial charge in [0.25, 0.3) is 0 Å². The van der Waals surface area contributed by atoms with Crippen molar-refractivity contribution in [2.45, 2.75) is 26.7 Å². The van der Waals surface area contributed by atoms with Crippen LogP contribution in [0.15, 0.2) is 154 Å². The van der Waals surface area contributed by atoms with Crippen molar-refractivity contribution in [1.82, 2.24) is 0 Å². The molecule has 2 aromatic heterocycles. The van der Waals surface area contributed by atoms with E-state index in [0.717, 1.165) is 73.6 Å². The zero-order chi connectivity index (χ0) is 35.9. The van der Waals surface area contributed by atoms with E-state index in [1.165, 1.54) is 60.3 Å². The summed E-state index contributed by atoms with van der Waals surface area (Å²) in [6.07, 6.45) is 10.9. The molecule has 2 nitrogen and oxygen atoms in total. The second-order valence-corrected chi connectivity index (χ2v) is 14.7. The summed E-state index contributed by atoms with van der Waals surface area (Å²) < 4.78 is 12.7. The lowest BCUT2D eigenvalue weighted by molar-refractivity contribution is 0.578. The number of hydrogen-bond donors (Lipinski definition) is 0. The second-order valence-electron chi connectivity index (χ2n) is 14.7. The maximum Gasteiger partial charge on any atom is 0.136 e. The summed E-state index contributed by atoms with van der Waals surface area (Å²) in [4.78, 5) is 0. The van der Waals surface area contributed by atoms with Gasteiger partial charge >= 0.3 is 0 Å². The molecular weight excluding hydrogens is 657 g/mol. The van der Waals surface area contributed by atoms with Crippen LogP contribution in [0.2, 0.25) is 0 Å².